The molecule has 1 aromatic heterocycles. The van der Waals surface area contributed by atoms with Gasteiger partial charge in [0.2, 0.25) is 16.0 Å². The van der Waals surface area contributed by atoms with Gasteiger partial charge in [-0.15, -0.1) is 5.10 Å². The Morgan fingerprint density at radius 2 is 2.08 bits per heavy atom. The minimum atomic E-state index is -3.65. The van der Waals surface area contributed by atoms with Crippen LogP contribution in [0.25, 0.3) is 0 Å². The minimum Gasteiger partial charge on any atom is -0.368 e. The number of nitrogens with two attached hydrogens (primary N) is 1. The number of nitrogens with zero attached hydrogens (tertiary/aromatic N) is 4. The summed E-state index contributed by atoms with van der Waals surface area (Å²) in [6.07, 6.45) is 4.73. The topological polar surface area (TPSA) is 114 Å². The van der Waals surface area contributed by atoms with E-state index in [9.17, 15) is 8.42 Å². The van der Waals surface area contributed by atoms with Gasteiger partial charge in [0.05, 0.1) is 11.1 Å². The van der Waals surface area contributed by atoms with Crippen molar-refractivity contribution in [1.29, 1.82) is 0 Å². The number of anilines is 2. The van der Waals surface area contributed by atoms with Crippen LogP contribution in [0.15, 0.2) is 35.4 Å². The van der Waals surface area contributed by atoms with Gasteiger partial charge < -0.3 is 10.2 Å². The zero-order chi connectivity index (χ0) is 18.6. The highest BCUT2D eigenvalue weighted by atomic mass is 32.2. The minimum absolute atomic E-state index is 0.120. The molecule has 0 radical (unpaired) electrons. The first kappa shape index (κ1) is 18.5. The van der Waals surface area contributed by atoms with Gasteiger partial charge in [0, 0.05) is 19.6 Å². The molecule has 1 aromatic carbocycles. The number of nitrogens with one attached hydrogen (secondary N) is 1. The normalized spacial score (nSPS) is 17.9. The van der Waals surface area contributed by atoms with E-state index in [1.807, 2.05) is 0 Å². The van der Waals surface area contributed by atoms with Gasteiger partial charge in [-0.3, -0.25) is 0 Å². The summed E-state index contributed by atoms with van der Waals surface area (Å²) in [5.41, 5.74) is 1.01. The lowest BCUT2D eigenvalue weighted by Gasteiger charge is -2.30. The van der Waals surface area contributed by atoms with E-state index in [0.29, 0.717) is 24.2 Å². The number of sulfonamides is 1. The highest BCUT2D eigenvalue weighted by molar-refractivity contribution is 7.89. The van der Waals surface area contributed by atoms with Gasteiger partial charge in [-0.05, 0) is 42.9 Å². The second-order valence-corrected chi connectivity index (χ2v) is 8.26. The molecule has 1 saturated heterocycles. The van der Waals surface area contributed by atoms with Crippen LogP contribution in [0.3, 0.4) is 0 Å². The summed E-state index contributed by atoms with van der Waals surface area (Å²) in [7, 11) is -3.65. The number of hydrogen-bond acceptors (Lipinski definition) is 7. The van der Waals surface area contributed by atoms with Crippen molar-refractivity contribution in [3.63, 3.8) is 0 Å². The molecular weight excluding hydrogens is 352 g/mol. The average Bonchev–Trinajstić information content (AvgIpc) is 2.62. The summed E-state index contributed by atoms with van der Waals surface area (Å²) in [4.78, 5) is 6.85. The maximum absolute atomic E-state index is 11.3. The van der Waals surface area contributed by atoms with E-state index in [1.165, 1.54) is 18.6 Å². The lowest BCUT2D eigenvalue weighted by atomic mass is 10.0. The molecule has 26 heavy (non-hydrogen) atoms. The van der Waals surface area contributed by atoms with Crippen LogP contribution in [0.4, 0.5) is 11.8 Å². The average molecular weight is 376 g/mol. The fraction of sp³-hybridized carbons (Fsp3) is 0.471. The molecule has 9 heteroatoms. The van der Waals surface area contributed by atoms with Gasteiger partial charge >= 0.3 is 0 Å². The molecule has 1 aliphatic rings. The van der Waals surface area contributed by atoms with Crippen LogP contribution >= 0.6 is 0 Å². The maximum Gasteiger partial charge on any atom is 0.247 e. The summed E-state index contributed by atoms with van der Waals surface area (Å²) >= 11 is 0. The van der Waals surface area contributed by atoms with E-state index in [4.69, 9.17) is 5.14 Å². The lowest BCUT2D eigenvalue weighted by Crippen LogP contribution is -2.35. The van der Waals surface area contributed by atoms with Crippen LogP contribution in [0.1, 0.15) is 25.3 Å². The predicted molar refractivity (Wildman–Crippen MR) is 100 cm³/mol. The first-order valence-corrected chi connectivity index (χ1v) is 10.3. The van der Waals surface area contributed by atoms with Gasteiger partial charge in [0.1, 0.15) is 0 Å². The summed E-state index contributed by atoms with van der Waals surface area (Å²) in [6.45, 7) is 4.82. The molecule has 3 rings (SSSR count). The Bertz CT molecular complexity index is 841. The van der Waals surface area contributed by atoms with Crippen molar-refractivity contribution in [2.24, 2.45) is 11.1 Å². The van der Waals surface area contributed by atoms with Crippen molar-refractivity contribution >= 4 is 21.8 Å². The van der Waals surface area contributed by atoms with Gasteiger partial charge in [-0.1, -0.05) is 19.1 Å². The van der Waals surface area contributed by atoms with Crippen molar-refractivity contribution in [3.8, 4) is 0 Å². The first-order valence-electron chi connectivity index (χ1n) is 8.72. The fourth-order valence-corrected chi connectivity index (χ4v) is 3.58. The molecule has 0 amide bonds. The Balaban J connectivity index is 1.56. The van der Waals surface area contributed by atoms with Gasteiger partial charge in [0.15, 0.2) is 5.82 Å². The molecule has 0 aliphatic carbocycles. The Morgan fingerprint density at radius 3 is 2.77 bits per heavy atom. The van der Waals surface area contributed by atoms with Crippen LogP contribution in [0.5, 0.6) is 0 Å². The molecule has 8 nitrogen and oxygen atoms in total. The summed E-state index contributed by atoms with van der Waals surface area (Å²) in [5.74, 6) is 2.00. The number of rotatable bonds is 6. The first-order chi connectivity index (χ1) is 12.4. The SMILES string of the molecule is CC1CCCN(c2nncc(NCCc3ccc(S(N)(=O)=O)cc3)n2)C1. The molecule has 3 N–H and O–H groups in total. The highest BCUT2D eigenvalue weighted by Crippen LogP contribution is 2.20. The summed E-state index contributed by atoms with van der Waals surface area (Å²) < 4.78 is 22.5. The highest BCUT2D eigenvalue weighted by Gasteiger charge is 2.19. The fourth-order valence-electron chi connectivity index (χ4n) is 3.07. The van der Waals surface area contributed by atoms with Crippen molar-refractivity contribution in [2.75, 3.05) is 29.9 Å². The van der Waals surface area contributed by atoms with E-state index in [2.05, 4.69) is 32.3 Å². The molecule has 0 saturated carbocycles. The standard InChI is InChI=1S/C17H24N6O2S/c1-13-3-2-10-23(12-13)17-21-16(11-20-22-17)19-9-8-14-4-6-15(7-5-14)26(18,24)25/h4-7,11,13H,2-3,8-10,12H2,1H3,(H2,18,24,25)(H,19,21,22). The second-order valence-electron chi connectivity index (χ2n) is 6.70. The number of piperidine rings is 1. The Kier molecular flexibility index (Phi) is 5.67. The van der Waals surface area contributed by atoms with E-state index >= 15 is 0 Å². The Morgan fingerprint density at radius 1 is 1.31 bits per heavy atom. The van der Waals surface area contributed by atoms with Crippen LogP contribution in [0.2, 0.25) is 0 Å². The number of primary sulfonamides is 1. The number of aromatic nitrogens is 3. The third kappa shape index (κ3) is 4.89. The van der Waals surface area contributed by atoms with Gasteiger partial charge in [-0.2, -0.15) is 10.1 Å². The Labute approximate surface area is 153 Å². The smallest absolute Gasteiger partial charge is 0.247 e. The van der Waals surface area contributed by atoms with Crippen molar-refractivity contribution in [1.82, 2.24) is 15.2 Å². The van der Waals surface area contributed by atoms with E-state index in [1.54, 1.807) is 18.3 Å². The zero-order valence-electron chi connectivity index (χ0n) is 14.8. The molecule has 1 fully saturated rings. The van der Waals surface area contributed by atoms with E-state index < -0.39 is 10.0 Å². The van der Waals surface area contributed by atoms with E-state index in [-0.39, 0.29) is 4.90 Å². The molecule has 2 aromatic rings. The van der Waals surface area contributed by atoms with Crippen molar-refractivity contribution in [2.45, 2.75) is 31.1 Å². The molecule has 140 valence electrons. The molecule has 1 unspecified atom stereocenters. The van der Waals surface area contributed by atoms with Crippen molar-refractivity contribution < 1.29 is 8.42 Å². The summed E-state index contributed by atoms with van der Waals surface area (Å²) in [6, 6.07) is 6.57. The van der Waals surface area contributed by atoms with Gasteiger partial charge in [-0.25, -0.2) is 13.6 Å². The monoisotopic (exact) mass is 376 g/mol. The molecule has 0 spiro atoms. The summed E-state index contributed by atoms with van der Waals surface area (Å²) in [5, 5.41) is 16.6. The van der Waals surface area contributed by atoms with Gasteiger partial charge in [0.25, 0.3) is 0 Å². The molecule has 1 atom stereocenters. The molecular formula is C17H24N6O2S. The van der Waals surface area contributed by atoms with Crippen LogP contribution in [-0.2, 0) is 16.4 Å². The third-order valence-corrected chi connectivity index (χ3v) is 5.39. The van der Waals surface area contributed by atoms with Crippen LogP contribution in [-0.4, -0.2) is 43.2 Å². The maximum atomic E-state index is 11.3. The van der Waals surface area contributed by atoms with Crippen LogP contribution < -0.4 is 15.4 Å². The largest absolute Gasteiger partial charge is 0.368 e. The lowest BCUT2D eigenvalue weighted by molar-refractivity contribution is 0.441. The number of benzene rings is 1. The molecule has 0 bridgehead atoms. The number of hydrogen-bond donors (Lipinski definition) is 2. The van der Waals surface area contributed by atoms with Crippen molar-refractivity contribution in [3.05, 3.63) is 36.0 Å². The van der Waals surface area contributed by atoms with E-state index in [0.717, 1.165) is 31.5 Å². The van der Waals surface area contributed by atoms with Crippen LogP contribution in [0, 0.1) is 5.92 Å². The quantitative estimate of drug-likeness (QED) is 0.783. The predicted octanol–water partition coefficient (Wildman–Crippen LogP) is 1.41. The third-order valence-electron chi connectivity index (χ3n) is 4.46. The zero-order valence-corrected chi connectivity index (χ0v) is 15.6. The molecule has 2 heterocycles. The Hall–Kier alpha value is -2.26. The second kappa shape index (κ2) is 7.96. The molecule has 1 aliphatic heterocycles.